The Morgan fingerprint density at radius 3 is 2.63 bits per heavy atom. The molecule has 178 valence electrons. The van der Waals surface area contributed by atoms with Crippen LogP contribution in [0.5, 0.6) is 0 Å². The number of nitriles is 1. The van der Waals surface area contributed by atoms with E-state index >= 15 is 0 Å². The fourth-order valence-corrected chi connectivity index (χ4v) is 4.53. The van der Waals surface area contributed by atoms with E-state index in [1.165, 1.54) is 35.0 Å². The Labute approximate surface area is 204 Å². The van der Waals surface area contributed by atoms with Crippen molar-refractivity contribution in [3.63, 3.8) is 0 Å². The highest BCUT2D eigenvalue weighted by molar-refractivity contribution is 8.18. The number of nitrogens with zero attached hydrogens (tertiary/aromatic N) is 4. The second-order valence-electron chi connectivity index (χ2n) is 7.36. The molecule has 1 fully saturated rings. The third kappa shape index (κ3) is 4.87. The van der Waals surface area contributed by atoms with Gasteiger partial charge in [-0.25, -0.2) is 0 Å². The van der Waals surface area contributed by atoms with Gasteiger partial charge in [0.25, 0.3) is 11.1 Å². The molecule has 13 heteroatoms. The molecule has 2 amide bonds. The van der Waals surface area contributed by atoms with E-state index in [0.29, 0.717) is 33.1 Å². The molecule has 35 heavy (non-hydrogen) atoms. The van der Waals surface area contributed by atoms with Crippen LogP contribution in [0.25, 0.3) is 17.0 Å². The molecule has 0 bridgehead atoms. The molecule has 1 aromatic heterocycles. The maximum atomic E-state index is 13.5. The van der Waals surface area contributed by atoms with Gasteiger partial charge in [-0.3, -0.25) is 24.0 Å². The zero-order chi connectivity index (χ0) is 25.5. The number of imide groups is 1. The zero-order valence-corrected chi connectivity index (χ0v) is 18.9. The van der Waals surface area contributed by atoms with Crippen LogP contribution >= 0.6 is 23.4 Å². The van der Waals surface area contributed by atoms with Crippen molar-refractivity contribution in [1.29, 1.82) is 5.26 Å². The summed E-state index contributed by atoms with van der Waals surface area (Å²) in [7, 11) is 0. The number of carboxylic acids is 1. The third-order valence-corrected chi connectivity index (χ3v) is 6.19. The second-order valence-corrected chi connectivity index (χ2v) is 8.79. The molecule has 1 aliphatic rings. The van der Waals surface area contributed by atoms with Crippen molar-refractivity contribution in [1.82, 2.24) is 14.7 Å². The van der Waals surface area contributed by atoms with Crippen molar-refractivity contribution in [2.24, 2.45) is 0 Å². The number of fused-ring (bicyclic) bond motifs is 1. The van der Waals surface area contributed by atoms with E-state index in [2.05, 4.69) is 5.10 Å². The first-order valence-electron chi connectivity index (χ1n) is 9.71. The number of carbonyl (C=O) groups excluding carboxylic acids is 2. The Kier molecular flexibility index (Phi) is 6.31. The summed E-state index contributed by atoms with van der Waals surface area (Å²) in [5.41, 5.74) is -0.262. The van der Waals surface area contributed by atoms with Crippen molar-refractivity contribution in [3.05, 3.63) is 68.7 Å². The Morgan fingerprint density at radius 2 is 1.97 bits per heavy atom. The number of carbonyl (C=O) groups is 3. The maximum absolute atomic E-state index is 13.5. The van der Waals surface area contributed by atoms with Crippen LogP contribution in [-0.2, 0) is 22.3 Å². The molecule has 0 radical (unpaired) electrons. The Hall–Kier alpha value is -3.82. The van der Waals surface area contributed by atoms with Crippen molar-refractivity contribution in [2.45, 2.75) is 12.7 Å². The lowest BCUT2D eigenvalue weighted by Gasteiger charge is -2.14. The number of alkyl halides is 3. The van der Waals surface area contributed by atoms with Crippen LogP contribution < -0.4 is 0 Å². The van der Waals surface area contributed by atoms with E-state index in [1.54, 1.807) is 6.07 Å². The monoisotopic (exact) mass is 520 g/mol. The second kappa shape index (κ2) is 9.09. The molecule has 1 aliphatic heterocycles. The lowest BCUT2D eigenvalue weighted by molar-refractivity contribution is -0.140. The van der Waals surface area contributed by atoms with E-state index in [1.807, 2.05) is 6.07 Å². The third-order valence-electron chi connectivity index (χ3n) is 5.04. The average Bonchev–Trinajstić information content (AvgIpc) is 3.25. The summed E-state index contributed by atoms with van der Waals surface area (Å²) in [5, 5.41) is 22.0. The molecule has 1 N–H and O–H groups in total. The van der Waals surface area contributed by atoms with Gasteiger partial charge < -0.3 is 5.11 Å². The van der Waals surface area contributed by atoms with E-state index in [-0.39, 0.29) is 27.7 Å². The van der Waals surface area contributed by atoms with Gasteiger partial charge in [0, 0.05) is 10.4 Å². The SMILES string of the molecule is N#Cc1nn(Cc2ccc(Cl)cc2C(F)(F)F)c2ccc(/C=C3\SC(=O)N(CC(=O)O)C3=O)cc12. The molecule has 3 aromatic rings. The molecule has 1 saturated heterocycles. The van der Waals surface area contributed by atoms with E-state index in [9.17, 15) is 32.8 Å². The number of hydrogen-bond donors (Lipinski definition) is 1. The fourth-order valence-electron chi connectivity index (χ4n) is 3.52. The van der Waals surface area contributed by atoms with Gasteiger partial charge in [0.05, 0.1) is 22.5 Å². The van der Waals surface area contributed by atoms with Gasteiger partial charge >= 0.3 is 12.1 Å². The summed E-state index contributed by atoms with van der Waals surface area (Å²) in [6.45, 7) is -1.05. The van der Waals surface area contributed by atoms with Gasteiger partial charge in [0.15, 0.2) is 5.69 Å². The number of benzene rings is 2. The average molecular weight is 521 g/mol. The lowest BCUT2D eigenvalue weighted by atomic mass is 10.1. The summed E-state index contributed by atoms with van der Waals surface area (Å²) >= 11 is 6.32. The largest absolute Gasteiger partial charge is 0.480 e. The number of aromatic nitrogens is 2. The normalized spacial score (nSPS) is 15.3. The minimum Gasteiger partial charge on any atom is -0.480 e. The van der Waals surface area contributed by atoms with E-state index in [0.717, 1.165) is 6.07 Å². The van der Waals surface area contributed by atoms with Gasteiger partial charge in [-0.2, -0.15) is 23.5 Å². The Morgan fingerprint density at radius 1 is 1.23 bits per heavy atom. The van der Waals surface area contributed by atoms with Crippen LogP contribution in [0.3, 0.4) is 0 Å². The molecule has 8 nitrogen and oxygen atoms in total. The van der Waals surface area contributed by atoms with Crippen LogP contribution in [0, 0.1) is 11.3 Å². The number of carboxylic acid groups (broad SMARTS) is 1. The molecule has 0 saturated carbocycles. The topological polar surface area (TPSA) is 116 Å². The van der Waals surface area contributed by atoms with Crippen molar-refractivity contribution in [3.8, 4) is 6.07 Å². The van der Waals surface area contributed by atoms with Crippen LogP contribution in [0.15, 0.2) is 41.3 Å². The Balaban J connectivity index is 1.71. The highest BCUT2D eigenvalue weighted by Crippen LogP contribution is 2.35. The first-order valence-corrected chi connectivity index (χ1v) is 10.9. The van der Waals surface area contributed by atoms with E-state index in [4.69, 9.17) is 16.7 Å². The molecule has 0 spiro atoms. The summed E-state index contributed by atoms with van der Waals surface area (Å²) < 4.78 is 41.7. The smallest absolute Gasteiger partial charge is 0.416 e. The van der Waals surface area contributed by atoms with Gasteiger partial charge in [-0.05, 0) is 53.2 Å². The van der Waals surface area contributed by atoms with Crippen molar-refractivity contribution < 1.29 is 32.7 Å². The quantitative estimate of drug-likeness (QED) is 0.482. The van der Waals surface area contributed by atoms with Crippen molar-refractivity contribution in [2.75, 3.05) is 6.54 Å². The number of aliphatic carboxylic acids is 1. The first-order chi connectivity index (χ1) is 16.5. The number of amides is 2. The molecule has 2 aromatic carbocycles. The van der Waals surface area contributed by atoms with Crippen LogP contribution in [0.1, 0.15) is 22.4 Å². The minimum atomic E-state index is -4.64. The highest BCUT2D eigenvalue weighted by Gasteiger charge is 2.36. The molecule has 0 atom stereocenters. The van der Waals surface area contributed by atoms with Gasteiger partial charge in [0.1, 0.15) is 12.6 Å². The number of halogens is 4. The number of thioether (sulfide) groups is 1. The maximum Gasteiger partial charge on any atom is 0.416 e. The number of rotatable bonds is 5. The Bertz CT molecular complexity index is 1480. The molecule has 4 rings (SSSR count). The standard InChI is InChI=1S/C22H12ClF3N4O4S/c23-13-3-2-12(15(7-13)22(24,25)26)9-30-17-4-1-11(5-14(17)16(8-27)28-30)6-18-20(33)29(10-19(31)32)21(34)35-18/h1-7H,9-10H2,(H,31,32)/b18-6-. The summed E-state index contributed by atoms with van der Waals surface area (Å²) in [6.07, 6.45) is -3.27. The zero-order valence-electron chi connectivity index (χ0n) is 17.3. The highest BCUT2D eigenvalue weighted by atomic mass is 35.5. The van der Waals surface area contributed by atoms with Crippen LogP contribution in [-0.4, -0.2) is 43.4 Å². The fraction of sp³-hybridized carbons (Fsp3) is 0.136. The summed E-state index contributed by atoms with van der Waals surface area (Å²) in [4.78, 5) is 35.8. The molecule has 2 heterocycles. The molecule has 0 aliphatic carbocycles. The van der Waals surface area contributed by atoms with Crippen LogP contribution in [0.2, 0.25) is 5.02 Å². The van der Waals surface area contributed by atoms with Crippen LogP contribution in [0.4, 0.5) is 18.0 Å². The molecular weight excluding hydrogens is 509 g/mol. The van der Waals surface area contributed by atoms with Gasteiger partial charge in [-0.15, -0.1) is 0 Å². The number of hydrogen-bond acceptors (Lipinski definition) is 6. The predicted molar refractivity (Wildman–Crippen MR) is 120 cm³/mol. The minimum absolute atomic E-state index is 0.00233. The summed E-state index contributed by atoms with van der Waals surface area (Å²) in [5.74, 6) is -2.10. The summed E-state index contributed by atoms with van der Waals surface area (Å²) in [6, 6.07) is 9.87. The first kappa shape index (κ1) is 24.3. The van der Waals surface area contributed by atoms with E-state index < -0.39 is 35.4 Å². The van der Waals surface area contributed by atoms with Crippen molar-refractivity contribution >= 4 is 57.5 Å². The lowest BCUT2D eigenvalue weighted by Crippen LogP contribution is -2.33. The van der Waals surface area contributed by atoms with Gasteiger partial charge in [-0.1, -0.05) is 23.7 Å². The molecular formula is C22H12ClF3N4O4S. The predicted octanol–water partition coefficient (Wildman–Crippen LogP) is 4.75. The molecule has 0 unspecified atom stereocenters. The van der Waals surface area contributed by atoms with Gasteiger partial charge in [0.2, 0.25) is 0 Å².